The average Bonchev–Trinajstić information content (AvgIpc) is 2.73. The average molecular weight is 416 g/mol. The smallest absolute Gasteiger partial charge is 0.332 e. The zero-order valence-corrected chi connectivity index (χ0v) is 17.9. The summed E-state index contributed by atoms with van der Waals surface area (Å²) in [6, 6.07) is 0. The molecule has 1 fully saturated rings. The third-order valence-corrected chi connectivity index (χ3v) is 5.42. The lowest BCUT2D eigenvalue weighted by molar-refractivity contribution is -0.129. The molecule has 0 aliphatic carbocycles. The van der Waals surface area contributed by atoms with Crippen molar-refractivity contribution < 1.29 is 9.59 Å². The number of amides is 2. The summed E-state index contributed by atoms with van der Waals surface area (Å²) in [5, 5.41) is 3.01. The van der Waals surface area contributed by atoms with E-state index in [2.05, 4.69) is 10.3 Å². The van der Waals surface area contributed by atoms with Gasteiger partial charge < -0.3 is 15.1 Å². The number of fused-ring (bicyclic) bond motifs is 1. The van der Waals surface area contributed by atoms with E-state index in [0.717, 1.165) is 16.6 Å². The van der Waals surface area contributed by atoms with Crippen LogP contribution in [0, 0.1) is 6.92 Å². The van der Waals surface area contributed by atoms with Crippen LogP contribution in [0.5, 0.6) is 0 Å². The fraction of sp³-hybridized carbons (Fsp3) is 0.550. The van der Waals surface area contributed by atoms with Crippen LogP contribution in [0.4, 0.5) is 5.69 Å². The number of rotatable bonds is 5. The van der Waals surface area contributed by atoms with Crippen molar-refractivity contribution in [1.29, 1.82) is 0 Å². The molecule has 1 N–H and O–H groups in total. The fourth-order valence-electron chi connectivity index (χ4n) is 3.79. The van der Waals surface area contributed by atoms with Gasteiger partial charge in [-0.1, -0.05) is 6.92 Å². The first kappa shape index (κ1) is 21.5. The number of nitrogens with zero attached hydrogens (tertiary/aromatic N) is 5. The van der Waals surface area contributed by atoms with Gasteiger partial charge in [-0.05, 0) is 18.9 Å². The molecule has 10 heteroatoms. The summed E-state index contributed by atoms with van der Waals surface area (Å²) in [6.45, 7) is 7.71. The Morgan fingerprint density at radius 3 is 2.43 bits per heavy atom. The van der Waals surface area contributed by atoms with Crippen LogP contribution in [0.3, 0.4) is 0 Å². The number of hydrogen-bond donors (Lipinski definition) is 1. The van der Waals surface area contributed by atoms with Crippen LogP contribution in [0.15, 0.2) is 15.8 Å². The number of aryl methyl sites for hydroxylation is 2. The molecule has 2 aromatic rings. The molecule has 0 radical (unpaired) electrons. The van der Waals surface area contributed by atoms with Crippen molar-refractivity contribution in [2.75, 3.05) is 37.6 Å². The number of carbonyl (C=O) groups is 2. The van der Waals surface area contributed by atoms with Crippen LogP contribution in [0.25, 0.3) is 11.0 Å². The number of nitrogens with one attached hydrogen (secondary N) is 1. The number of pyridine rings is 1. The highest BCUT2D eigenvalue weighted by Crippen LogP contribution is 2.27. The highest BCUT2D eigenvalue weighted by molar-refractivity contribution is 5.91. The third kappa shape index (κ3) is 3.94. The second-order valence-corrected chi connectivity index (χ2v) is 7.56. The van der Waals surface area contributed by atoms with Gasteiger partial charge in [0.25, 0.3) is 5.56 Å². The summed E-state index contributed by atoms with van der Waals surface area (Å²) in [6.07, 6.45) is 2.40. The van der Waals surface area contributed by atoms with Gasteiger partial charge in [-0.15, -0.1) is 0 Å². The first-order valence-corrected chi connectivity index (χ1v) is 10.1. The molecule has 1 aliphatic heterocycles. The first-order valence-electron chi connectivity index (χ1n) is 10.1. The quantitative estimate of drug-likeness (QED) is 0.710. The van der Waals surface area contributed by atoms with Crippen molar-refractivity contribution in [3.05, 3.63) is 32.6 Å². The van der Waals surface area contributed by atoms with Crippen LogP contribution in [-0.2, 0) is 23.2 Å². The van der Waals surface area contributed by atoms with E-state index in [1.54, 1.807) is 25.1 Å². The van der Waals surface area contributed by atoms with Gasteiger partial charge in [0.1, 0.15) is 11.9 Å². The zero-order chi connectivity index (χ0) is 22.0. The van der Waals surface area contributed by atoms with Crippen molar-refractivity contribution in [3.8, 4) is 0 Å². The van der Waals surface area contributed by atoms with Gasteiger partial charge in [0.05, 0.1) is 5.69 Å². The van der Waals surface area contributed by atoms with Crippen LogP contribution < -0.4 is 21.5 Å². The Kier molecular flexibility index (Phi) is 6.23. The van der Waals surface area contributed by atoms with E-state index in [0.29, 0.717) is 43.8 Å². The maximum absolute atomic E-state index is 13.3. The van der Waals surface area contributed by atoms with Gasteiger partial charge in [0.15, 0.2) is 5.65 Å². The van der Waals surface area contributed by atoms with Crippen LogP contribution in [0.1, 0.15) is 25.8 Å². The zero-order valence-electron chi connectivity index (χ0n) is 17.9. The Morgan fingerprint density at radius 2 is 1.83 bits per heavy atom. The molecule has 162 valence electrons. The van der Waals surface area contributed by atoms with E-state index < -0.39 is 11.2 Å². The molecule has 3 rings (SSSR count). The van der Waals surface area contributed by atoms with E-state index in [9.17, 15) is 19.2 Å². The predicted octanol–water partition coefficient (Wildman–Crippen LogP) is -0.402. The maximum atomic E-state index is 13.3. The maximum Gasteiger partial charge on any atom is 0.332 e. The van der Waals surface area contributed by atoms with Crippen LogP contribution in [-0.4, -0.2) is 63.6 Å². The molecular formula is C20H28N6O4. The molecule has 0 unspecified atom stereocenters. The minimum absolute atomic E-state index is 0.0220. The van der Waals surface area contributed by atoms with Crippen LogP contribution in [0.2, 0.25) is 0 Å². The molecule has 0 aromatic carbocycles. The topological polar surface area (TPSA) is 110 Å². The summed E-state index contributed by atoms with van der Waals surface area (Å²) >= 11 is 0. The SMILES string of the molecule is CCCNC(=O)Cn1c(=O)c2c(N3CCN(C(C)=O)CC3)c(C)cnc2n(C)c1=O. The Hall–Kier alpha value is -3.17. The van der Waals surface area contributed by atoms with Crippen molar-refractivity contribution >= 4 is 28.5 Å². The molecular weight excluding hydrogens is 388 g/mol. The molecule has 0 spiro atoms. The number of piperazine rings is 1. The van der Waals surface area contributed by atoms with E-state index in [4.69, 9.17) is 0 Å². The molecule has 30 heavy (non-hydrogen) atoms. The van der Waals surface area contributed by atoms with E-state index >= 15 is 0 Å². The van der Waals surface area contributed by atoms with Gasteiger partial charge >= 0.3 is 5.69 Å². The van der Waals surface area contributed by atoms with Gasteiger partial charge in [-0.25, -0.2) is 9.78 Å². The molecule has 10 nitrogen and oxygen atoms in total. The Balaban J connectivity index is 2.11. The third-order valence-electron chi connectivity index (χ3n) is 5.42. The molecule has 0 atom stereocenters. The number of hydrogen-bond acceptors (Lipinski definition) is 6. The Labute approximate surface area is 174 Å². The lowest BCUT2D eigenvalue weighted by Gasteiger charge is -2.36. The lowest BCUT2D eigenvalue weighted by Crippen LogP contribution is -2.49. The highest BCUT2D eigenvalue weighted by Gasteiger charge is 2.25. The van der Waals surface area contributed by atoms with Gasteiger partial charge in [0.2, 0.25) is 11.8 Å². The Morgan fingerprint density at radius 1 is 1.17 bits per heavy atom. The second-order valence-electron chi connectivity index (χ2n) is 7.56. The van der Waals surface area contributed by atoms with E-state index in [1.807, 2.05) is 18.7 Å². The van der Waals surface area contributed by atoms with E-state index in [-0.39, 0.29) is 24.0 Å². The van der Waals surface area contributed by atoms with Gasteiger partial charge in [-0.2, -0.15) is 0 Å². The lowest BCUT2D eigenvalue weighted by atomic mass is 10.1. The molecule has 1 aliphatic rings. The first-order chi connectivity index (χ1) is 14.3. The standard InChI is InChI=1S/C20H28N6O4/c1-5-6-21-15(28)12-26-19(29)16-17(25-9-7-24(8-10-25)14(3)27)13(2)11-22-18(16)23(4)20(26)30/h11H,5-10,12H2,1-4H3,(H,21,28). The molecule has 2 amide bonds. The predicted molar refractivity (Wildman–Crippen MR) is 114 cm³/mol. The highest BCUT2D eigenvalue weighted by atomic mass is 16.2. The Bertz CT molecular complexity index is 1100. The normalized spacial score (nSPS) is 14.3. The molecule has 3 heterocycles. The fourth-order valence-corrected chi connectivity index (χ4v) is 3.79. The minimum atomic E-state index is -0.581. The van der Waals surface area contributed by atoms with Crippen molar-refractivity contribution in [1.82, 2.24) is 24.3 Å². The van der Waals surface area contributed by atoms with Gasteiger partial charge in [0, 0.05) is 52.9 Å². The molecule has 0 saturated carbocycles. The largest absolute Gasteiger partial charge is 0.367 e. The molecule has 2 aromatic heterocycles. The summed E-state index contributed by atoms with van der Waals surface area (Å²) in [5.41, 5.74) is 0.677. The summed E-state index contributed by atoms with van der Waals surface area (Å²) in [4.78, 5) is 58.1. The van der Waals surface area contributed by atoms with Crippen molar-refractivity contribution in [3.63, 3.8) is 0 Å². The molecule has 1 saturated heterocycles. The minimum Gasteiger partial charge on any atom is -0.367 e. The van der Waals surface area contributed by atoms with Crippen LogP contribution >= 0.6 is 0 Å². The van der Waals surface area contributed by atoms with Crippen molar-refractivity contribution in [2.24, 2.45) is 7.05 Å². The van der Waals surface area contributed by atoms with Crippen molar-refractivity contribution in [2.45, 2.75) is 33.7 Å². The number of aromatic nitrogens is 3. The summed E-state index contributed by atoms with van der Waals surface area (Å²) < 4.78 is 2.27. The summed E-state index contributed by atoms with van der Waals surface area (Å²) in [7, 11) is 1.55. The number of anilines is 1. The monoisotopic (exact) mass is 416 g/mol. The van der Waals surface area contributed by atoms with Gasteiger partial charge in [-0.3, -0.25) is 23.5 Å². The summed E-state index contributed by atoms with van der Waals surface area (Å²) in [5.74, 6) is -0.360. The second kappa shape index (κ2) is 8.68. The molecule has 0 bridgehead atoms. The number of carbonyl (C=O) groups excluding carboxylic acids is 2. The van der Waals surface area contributed by atoms with E-state index in [1.165, 1.54) is 4.57 Å².